The highest BCUT2D eigenvalue weighted by Crippen LogP contribution is 2.59. The van der Waals surface area contributed by atoms with Crippen LogP contribution in [0.2, 0.25) is 0 Å². The molecule has 1 amide bonds. The molecule has 27 heavy (non-hydrogen) atoms. The molecule has 2 N–H and O–H groups in total. The SMILES string of the molecule is COc1ccc2cc(C(=O)NCC3(OC)C4CC5CC(C4)CC3C5)[nH]c2c1. The number of aromatic amines is 1. The molecule has 0 saturated heterocycles. The van der Waals surface area contributed by atoms with Crippen LogP contribution >= 0.6 is 0 Å². The fourth-order valence-electron chi connectivity index (χ4n) is 6.35. The molecule has 0 atom stereocenters. The number of amides is 1. The van der Waals surface area contributed by atoms with E-state index in [0.29, 0.717) is 24.1 Å². The molecule has 6 rings (SSSR count). The zero-order valence-corrected chi connectivity index (χ0v) is 16.1. The molecule has 0 aliphatic heterocycles. The number of methoxy groups -OCH3 is 2. The molecule has 0 radical (unpaired) electrons. The number of carbonyl (C=O) groups excluding carboxylic acids is 1. The zero-order chi connectivity index (χ0) is 18.6. The summed E-state index contributed by atoms with van der Waals surface area (Å²) in [6.07, 6.45) is 6.48. The fourth-order valence-corrected chi connectivity index (χ4v) is 6.35. The highest BCUT2D eigenvalue weighted by Gasteiger charge is 2.57. The van der Waals surface area contributed by atoms with Gasteiger partial charge >= 0.3 is 0 Å². The van der Waals surface area contributed by atoms with Crippen LogP contribution in [0, 0.1) is 23.7 Å². The lowest BCUT2D eigenvalue weighted by atomic mass is 9.49. The second-order valence-electron chi connectivity index (χ2n) is 8.78. The molecule has 4 bridgehead atoms. The summed E-state index contributed by atoms with van der Waals surface area (Å²) < 4.78 is 11.4. The van der Waals surface area contributed by atoms with Crippen molar-refractivity contribution in [1.29, 1.82) is 0 Å². The lowest BCUT2D eigenvalue weighted by Crippen LogP contribution is -2.63. The third-order valence-corrected chi connectivity index (χ3v) is 7.50. The summed E-state index contributed by atoms with van der Waals surface area (Å²) in [6.45, 7) is 0.607. The summed E-state index contributed by atoms with van der Waals surface area (Å²) in [5.74, 6) is 3.67. The summed E-state index contributed by atoms with van der Waals surface area (Å²) in [6, 6.07) is 7.70. The van der Waals surface area contributed by atoms with Gasteiger partial charge in [-0.05, 0) is 74.0 Å². The molecule has 5 nitrogen and oxygen atoms in total. The van der Waals surface area contributed by atoms with Gasteiger partial charge in [-0.25, -0.2) is 0 Å². The molecule has 1 aromatic carbocycles. The molecule has 4 fully saturated rings. The third-order valence-electron chi connectivity index (χ3n) is 7.50. The maximum Gasteiger partial charge on any atom is 0.267 e. The first-order valence-corrected chi connectivity index (χ1v) is 10.1. The van der Waals surface area contributed by atoms with Gasteiger partial charge in [-0.3, -0.25) is 4.79 Å². The second-order valence-corrected chi connectivity index (χ2v) is 8.78. The third kappa shape index (κ3) is 2.66. The molecule has 1 heterocycles. The van der Waals surface area contributed by atoms with Crippen molar-refractivity contribution in [3.63, 3.8) is 0 Å². The van der Waals surface area contributed by atoms with Gasteiger partial charge in [0.25, 0.3) is 5.91 Å². The first kappa shape index (κ1) is 17.1. The van der Waals surface area contributed by atoms with Gasteiger partial charge < -0.3 is 19.8 Å². The standard InChI is InChI=1S/C22H28N2O3/c1-26-18-4-3-15-10-20(24-19(15)11-18)21(25)23-12-22(27-2)16-6-13-5-14(8-16)9-17(22)7-13/h3-4,10-11,13-14,16-17,24H,5-9,12H2,1-2H3,(H,23,25). The van der Waals surface area contributed by atoms with Gasteiger partial charge in [-0.2, -0.15) is 0 Å². The van der Waals surface area contributed by atoms with E-state index in [1.54, 1.807) is 7.11 Å². The topological polar surface area (TPSA) is 63.4 Å². The van der Waals surface area contributed by atoms with Gasteiger partial charge in [0.1, 0.15) is 11.4 Å². The molecule has 0 unspecified atom stereocenters. The van der Waals surface area contributed by atoms with E-state index < -0.39 is 0 Å². The van der Waals surface area contributed by atoms with Crippen molar-refractivity contribution in [3.05, 3.63) is 30.0 Å². The minimum Gasteiger partial charge on any atom is -0.497 e. The first-order valence-electron chi connectivity index (χ1n) is 10.1. The van der Waals surface area contributed by atoms with Crippen LogP contribution in [0.1, 0.15) is 42.6 Å². The van der Waals surface area contributed by atoms with Crippen molar-refractivity contribution >= 4 is 16.8 Å². The fraction of sp³-hybridized carbons (Fsp3) is 0.591. The van der Waals surface area contributed by atoms with E-state index in [-0.39, 0.29) is 11.5 Å². The predicted molar refractivity (Wildman–Crippen MR) is 104 cm³/mol. The largest absolute Gasteiger partial charge is 0.497 e. The Morgan fingerprint density at radius 3 is 2.44 bits per heavy atom. The minimum absolute atomic E-state index is 0.0598. The molecular formula is C22H28N2O3. The monoisotopic (exact) mass is 368 g/mol. The van der Waals surface area contributed by atoms with Crippen LogP contribution in [-0.2, 0) is 4.74 Å². The normalized spacial score (nSPS) is 34.1. The van der Waals surface area contributed by atoms with Gasteiger partial charge in [0.2, 0.25) is 0 Å². The van der Waals surface area contributed by atoms with Gasteiger partial charge in [0.15, 0.2) is 0 Å². The molecule has 4 aliphatic rings. The quantitative estimate of drug-likeness (QED) is 0.845. The Morgan fingerprint density at radius 1 is 1.11 bits per heavy atom. The van der Waals surface area contributed by atoms with Crippen molar-refractivity contribution in [3.8, 4) is 5.75 Å². The lowest BCUT2D eigenvalue weighted by Gasteiger charge is -2.60. The number of hydrogen-bond donors (Lipinski definition) is 2. The van der Waals surface area contributed by atoms with E-state index in [4.69, 9.17) is 9.47 Å². The number of benzene rings is 1. The van der Waals surface area contributed by atoms with Crippen LogP contribution in [-0.4, -0.2) is 37.3 Å². The summed E-state index contributed by atoms with van der Waals surface area (Å²) in [5, 5.41) is 4.19. The molecule has 4 saturated carbocycles. The van der Waals surface area contributed by atoms with Crippen molar-refractivity contribution < 1.29 is 14.3 Å². The second kappa shape index (κ2) is 6.26. The van der Waals surface area contributed by atoms with Crippen LogP contribution in [0.5, 0.6) is 5.75 Å². The number of ether oxygens (including phenoxy) is 2. The van der Waals surface area contributed by atoms with E-state index in [1.165, 1.54) is 32.1 Å². The van der Waals surface area contributed by atoms with Crippen molar-refractivity contribution in [2.45, 2.75) is 37.7 Å². The number of aromatic nitrogens is 1. The van der Waals surface area contributed by atoms with E-state index in [9.17, 15) is 4.79 Å². The smallest absolute Gasteiger partial charge is 0.267 e. The van der Waals surface area contributed by atoms with Crippen LogP contribution < -0.4 is 10.1 Å². The molecule has 2 aromatic rings. The van der Waals surface area contributed by atoms with Gasteiger partial charge in [-0.1, -0.05) is 0 Å². The zero-order valence-electron chi connectivity index (χ0n) is 16.1. The Morgan fingerprint density at radius 2 is 1.81 bits per heavy atom. The van der Waals surface area contributed by atoms with Gasteiger partial charge in [0.05, 0.1) is 12.7 Å². The van der Waals surface area contributed by atoms with Crippen LogP contribution in [0.4, 0.5) is 0 Å². The maximum atomic E-state index is 12.8. The van der Waals surface area contributed by atoms with Crippen molar-refractivity contribution in [2.75, 3.05) is 20.8 Å². The van der Waals surface area contributed by atoms with E-state index in [1.807, 2.05) is 31.4 Å². The molecule has 5 heteroatoms. The van der Waals surface area contributed by atoms with Gasteiger partial charge in [0, 0.05) is 30.6 Å². The number of H-pyrrole nitrogens is 1. The van der Waals surface area contributed by atoms with Crippen molar-refractivity contribution in [1.82, 2.24) is 10.3 Å². The minimum atomic E-state index is -0.182. The Kier molecular flexibility index (Phi) is 3.97. The van der Waals surface area contributed by atoms with Crippen molar-refractivity contribution in [2.24, 2.45) is 23.7 Å². The Balaban J connectivity index is 1.34. The summed E-state index contributed by atoms with van der Waals surface area (Å²) >= 11 is 0. The summed E-state index contributed by atoms with van der Waals surface area (Å²) in [5.41, 5.74) is 1.32. The van der Waals surface area contributed by atoms with Gasteiger partial charge in [-0.15, -0.1) is 0 Å². The van der Waals surface area contributed by atoms with Crippen LogP contribution in [0.3, 0.4) is 0 Å². The molecule has 1 aromatic heterocycles. The summed E-state index contributed by atoms with van der Waals surface area (Å²) in [4.78, 5) is 16.1. The Hall–Kier alpha value is -2.01. The Labute approximate surface area is 159 Å². The number of nitrogens with one attached hydrogen (secondary N) is 2. The van der Waals surface area contributed by atoms with Crippen LogP contribution in [0.25, 0.3) is 10.9 Å². The van der Waals surface area contributed by atoms with E-state index >= 15 is 0 Å². The first-order chi connectivity index (χ1) is 13.1. The molecule has 144 valence electrons. The van der Waals surface area contributed by atoms with Crippen LogP contribution in [0.15, 0.2) is 24.3 Å². The predicted octanol–water partition coefficient (Wildman–Crippen LogP) is 3.75. The van der Waals surface area contributed by atoms with E-state index in [0.717, 1.165) is 28.5 Å². The van der Waals surface area contributed by atoms with E-state index in [2.05, 4.69) is 10.3 Å². The number of hydrogen-bond acceptors (Lipinski definition) is 3. The summed E-state index contributed by atoms with van der Waals surface area (Å²) in [7, 11) is 3.48. The number of fused-ring (bicyclic) bond motifs is 1. The molecule has 0 spiro atoms. The Bertz CT molecular complexity index is 844. The number of carbonyl (C=O) groups is 1. The lowest BCUT2D eigenvalue weighted by molar-refractivity contribution is -0.186. The average molecular weight is 368 g/mol. The number of rotatable bonds is 5. The highest BCUT2D eigenvalue weighted by molar-refractivity contribution is 5.98. The molecule has 4 aliphatic carbocycles. The maximum absolute atomic E-state index is 12.8. The highest BCUT2D eigenvalue weighted by atomic mass is 16.5. The molecular weight excluding hydrogens is 340 g/mol. The average Bonchev–Trinajstić information content (AvgIpc) is 3.10.